The molecule has 4 aromatic rings. The minimum absolute atomic E-state index is 0.196. The molecular weight excluding hydrogens is 472 g/mol. The van der Waals surface area contributed by atoms with Crippen LogP contribution in [0.1, 0.15) is 30.0 Å². The van der Waals surface area contributed by atoms with Crippen LogP contribution in [-0.2, 0) is 38.8 Å². The molecule has 188 valence electrons. The molecule has 0 N–H and O–H groups in total. The van der Waals surface area contributed by atoms with E-state index in [0.29, 0.717) is 19.4 Å². The fraction of sp³-hybridized carbons (Fsp3) is 0.276. The minimum Gasteiger partial charge on any atom is -0.466 e. The van der Waals surface area contributed by atoms with Gasteiger partial charge in [0.1, 0.15) is 0 Å². The summed E-state index contributed by atoms with van der Waals surface area (Å²) in [4.78, 5) is 12.1. The first-order valence-corrected chi connectivity index (χ1v) is 13.6. The van der Waals surface area contributed by atoms with Crippen molar-refractivity contribution in [2.45, 2.75) is 37.5 Å². The highest BCUT2D eigenvalue weighted by Crippen LogP contribution is 2.29. The van der Waals surface area contributed by atoms with E-state index in [4.69, 9.17) is 4.74 Å². The van der Waals surface area contributed by atoms with Crippen molar-refractivity contribution in [1.29, 1.82) is 0 Å². The Morgan fingerprint density at radius 2 is 1.67 bits per heavy atom. The van der Waals surface area contributed by atoms with Gasteiger partial charge in [0, 0.05) is 37.8 Å². The summed E-state index contributed by atoms with van der Waals surface area (Å²) in [6.07, 6.45) is 4.77. The van der Waals surface area contributed by atoms with E-state index in [0.717, 1.165) is 35.0 Å². The monoisotopic (exact) mass is 504 g/mol. The van der Waals surface area contributed by atoms with Crippen molar-refractivity contribution in [2.75, 3.05) is 20.7 Å². The molecule has 0 saturated heterocycles. The van der Waals surface area contributed by atoms with Crippen LogP contribution in [0.15, 0.2) is 83.9 Å². The molecule has 4 rings (SSSR count). The van der Waals surface area contributed by atoms with Crippen LogP contribution >= 0.6 is 0 Å². The Kier molecular flexibility index (Phi) is 7.91. The van der Waals surface area contributed by atoms with E-state index in [9.17, 15) is 13.2 Å². The SMILES string of the molecule is CCOC(=O)CCc1ccc2c(c1)c(CCc1ccccc1)cn2-c1cccc(S(=O)(=O)N(C)C)c1. The molecule has 1 heterocycles. The molecule has 0 aliphatic rings. The van der Waals surface area contributed by atoms with Crippen LogP contribution in [0.4, 0.5) is 0 Å². The van der Waals surface area contributed by atoms with Gasteiger partial charge in [-0.3, -0.25) is 4.79 Å². The van der Waals surface area contributed by atoms with Crippen LogP contribution in [0.5, 0.6) is 0 Å². The molecule has 0 unspecified atom stereocenters. The lowest BCUT2D eigenvalue weighted by atomic mass is 10.0. The predicted octanol–water partition coefficient (Wildman–Crippen LogP) is 5.16. The van der Waals surface area contributed by atoms with E-state index in [1.165, 1.54) is 29.5 Å². The highest BCUT2D eigenvalue weighted by molar-refractivity contribution is 7.89. The van der Waals surface area contributed by atoms with Crippen LogP contribution in [-0.4, -0.2) is 44.0 Å². The van der Waals surface area contributed by atoms with Crippen LogP contribution in [0.2, 0.25) is 0 Å². The van der Waals surface area contributed by atoms with Crippen molar-refractivity contribution < 1.29 is 17.9 Å². The first-order chi connectivity index (χ1) is 17.3. The van der Waals surface area contributed by atoms with Gasteiger partial charge in [-0.05, 0) is 73.2 Å². The van der Waals surface area contributed by atoms with Crippen molar-refractivity contribution in [3.63, 3.8) is 0 Å². The Hall–Kier alpha value is -3.42. The van der Waals surface area contributed by atoms with E-state index >= 15 is 0 Å². The Labute approximate surface area is 213 Å². The largest absolute Gasteiger partial charge is 0.466 e. The zero-order valence-electron chi connectivity index (χ0n) is 21.0. The first kappa shape index (κ1) is 25.7. The minimum atomic E-state index is -3.55. The van der Waals surface area contributed by atoms with Gasteiger partial charge in [0.15, 0.2) is 0 Å². The number of esters is 1. The van der Waals surface area contributed by atoms with Crippen LogP contribution in [0, 0.1) is 0 Å². The van der Waals surface area contributed by atoms with Gasteiger partial charge < -0.3 is 9.30 Å². The Bertz CT molecular complexity index is 1460. The number of nitrogens with zero attached hydrogens (tertiary/aromatic N) is 2. The average Bonchev–Trinajstić information content (AvgIpc) is 3.25. The van der Waals surface area contributed by atoms with Gasteiger partial charge in [-0.1, -0.05) is 42.5 Å². The number of carbonyl (C=O) groups is 1. The summed E-state index contributed by atoms with van der Waals surface area (Å²) in [6.45, 7) is 2.19. The molecule has 0 aliphatic heterocycles. The molecule has 3 aromatic carbocycles. The van der Waals surface area contributed by atoms with Gasteiger partial charge in [0.2, 0.25) is 10.0 Å². The normalized spacial score (nSPS) is 11.8. The van der Waals surface area contributed by atoms with E-state index in [2.05, 4.69) is 35.0 Å². The number of fused-ring (bicyclic) bond motifs is 1. The number of benzene rings is 3. The molecule has 36 heavy (non-hydrogen) atoms. The van der Waals surface area contributed by atoms with Crippen molar-refractivity contribution in [2.24, 2.45) is 0 Å². The summed E-state index contributed by atoms with van der Waals surface area (Å²) in [5.41, 5.74) is 5.28. The second-order valence-corrected chi connectivity index (χ2v) is 11.1. The number of hydrogen-bond acceptors (Lipinski definition) is 4. The first-order valence-electron chi connectivity index (χ1n) is 12.1. The number of carbonyl (C=O) groups excluding carboxylic acids is 1. The summed E-state index contributed by atoms with van der Waals surface area (Å²) in [6, 6.07) is 23.6. The number of aryl methyl sites for hydroxylation is 3. The van der Waals surface area contributed by atoms with Crippen LogP contribution in [0.25, 0.3) is 16.6 Å². The van der Waals surface area contributed by atoms with Gasteiger partial charge >= 0.3 is 5.97 Å². The molecule has 0 amide bonds. The maximum Gasteiger partial charge on any atom is 0.306 e. The molecule has 0 aliphatic carbocycles. The average molecular weight is 505 g/mol. The summed E-state index contributed by atoms with van der Waals surface area (Å²) in [5, 5.41) is 1.10. The van der Waals surface area contributed by atoms with Gasteiger partial charge in [0.25, 0.3) is 0 Å². The number of hydrogen-bond donors (Lipinski definition) is 0. The molecule has 0 saturated carbocycles. The molecular formula is C29H32N2O4S. The Morgan fingerprint density at radius 3 is 2.39 bits per heavy atom. The van der Waals surface area contributed by atoms with Gasteiger partial charge in [-0.2, -0.15) is 0 Å². The lowest BCUT2D eigenvalue weighted by molar-refractivity contribution is -0.143. The summed E-state index contributed by atoms with van der Waals surface area (Å²) >= 11 is 0. The third kappa shape index (κ3) is 5.69. The molecule has 0 bridgehead atoms. The maximum atomic E-state index is 12.7. The van der Waals surface area contributed by atoms with Crippen molar-refractivity contribution >= 4 is 26.9 Å². The zero-order valence-corrected chi connectivity index (χ0v) is 21.8. The molecule has 0 spiro atoms. The summed E-state index contributed by atoms with van der Waals surface area (Å²) < 4.78 is 33.8. The van der Waals surface area contributed by atoms with Crippen molar-refractivity contribution in [3.8, 4) is 5.69 Å². The summed E-state index contributed by atoms with van der Waals surface area (Å²) in [5.74, 6) is -0.196. The second kappa shape index (κ2) is 11.1. The standard InChI is InChI=1S/C29H32N2O4S/c1-4-35-29(32)18-15-23-14-17-28-27(19-23)24(16-13-22-9-6-5-7-10-22)21-31(28)25-11-8-12-26(20-25)36(33,34)30(2)3/h5-12,14,17,19-21H,4,13,15-16,18H2,1-3H3. The Balaban J connectivity index is 1.74. The molecule has 7 heteroatoms. The topological polar surface area (TPSA) is 68.6 Å². The summed E-state index contributed by atoms with van der Waals surface area (Å²) in [7, 11) is -0.482. The van der Waals surface area contributed by atoms with Crippen molar-refractivity contribution in [3.05, 3.63) is 95.7 Å². The van der Waals surface area contributed by atoms with E-state index < -0.39 is 10.0 Å². The van der Waals surface area contributed by atoms with Crippen molar-refractivity contribution in [1.82, 2.24) is 8.87 Å². The number of aromatic nitrogens is 1. The fourth-order valence-electron chi connectivity index (χ4n) is 4.32. The number of sulfonamides is 1. The zero-order chi connectivity index (χ0) is 25.7. The van der Waals surface area contributed by atoms with Crippen LogP contribution in [0.3, 0.4) is 0 Å². The lowest BCUT2D eigenvalue weighted by Gasteiger charge is -2.13. The van der Waals surface area contributed by atoms with Gasteiger partial charge in [-0.25, -0.2) is 12.7 Å². The van der Waals surface area contributed by atoms with Gasteiger partial charge in [0.05, 0.1) is 17.0 Å². The predicted molar refractivity (Wildman–Crippen MR) is 143 cm³/mol. The smallest absolute Gasteiger partial charge is 0.306 e. The van der Waals surface area contributed by atoms with Crippen LogP contribution < -0.4 is 0 Å². The fourth-order valence-corrected chi connectivity index (χ4v) is 5.26. The van der Waals surface area contributed by atoms with E-state index in [1.54, 1.807) is 18.2 Å². The molecule has 0 atom stereocenters. The van der Waals surface area contributed by atoms with E-state index in [-0.39, 0.29) is 10.9 Å². The highest BCUT2D eigenvalue weighted by Gasteiger charge is 2.19. The van der Waals surface area contributed by atoms with E-state index in [1.807, 2.05) is 37.3 Å². The third-order valence-electron chi connectivity index (χ3n) is 6.27. The molecule has 0 fully saturated rings. The molecule has 0 radical (unpaired) electrons. The Morgan fingerprint density at radius 1 is 0.889 bits per heavy atom. The second-order valence-electron chi connectivity index (χ2n) is 8.95. The number of ether oxygens (including phenoxy) is 1. The third-order valence-corrected chi connectivity index (χ3v) is 8.09. The highest BCUT2D eigenvalue weighted by atomic mass is 32.2. The maximum absolute atomic E-state index is 12.7. The quantitative estimate of drug-likeness (QED) is 0.280. The number of rotatable bonds is 10. The molecule has 6 nitrogen and oxygen atoms in total. The lowest BCUT2D eigenvalue weighted by Crippen LogP contribution is -2.22. The molecule has 1 aromatic heterocycles. The van der Waals surface area contributed by atoms with Gasteiger partial charge in [-0.15, -0.1) is 0 Å².